The average Bonchev–Trinajstić information content (AvgIpc) is 2.44. The van der Waals surface area contributed by atoms with Crippen LogP contribution >= 0.6 is 15.9 Å². The van der Waals surface area contributed by atoms with Gasteiger partial charge in [-0.05, 0) is 42.3 Å². The summed E-state index contributed by atoms with van der Waals surface area (Å²) in [5.41, 5.74) is 3.25. The van der Waals surface area contributed by atoms with Crippen molar-refractivity contribution in [1.29, 1.82) is 0 Å². The van der Waals surface area contributed by atoms with Gasteiger partial charge < -0.3 is 10.6 Å². The number of nitrogens with one attached hydrogen (secondary N) is 2. The van der Waals surface area contributed by atoms with E-state index in [0.717, 1.165) is 15.6 Å². The van der Waals surface area contributed by atoms with Crippen LogP contribution in [0.4, 0.5) is 11.4 Å². The smallest absolute Gasteiger partial charge is 0.228 e. The van der Waals surface area contributed by atoms with Crippen molar-refractivity contribution in [3.8, 4) is 0 Å². The number of hydrogen-bond donors (Lipinski definition) is 2. The molecule has 0 heterocycles. The quantitative estimate of drug-likeness (QED) is 0.868. The number of hydrogen-bond acceptors (Lipinski definition) is 2. The minimum atomic E-state index is -0.143. The van der Waals surface area contributed by atoms with E-state index in [1.54, 1.807) is 12.1 Å². The van der Waals surface area contributed by atoms with E-state index in [1.165, 1.54) is 6.92 Å². The summed E-state index contributed by atoms with van der Waals surface area (Å²) in [6, 6.07) is 13.1. The summed E-state index contributed by atoms with van der Waals surface area (Å²) in [4.78, 5) is 23.2. The first-order chi connectivity index (χ1) is 10.4. The molecule has 0 aliphatic heterocycles. The van der Waals surface area contributed by atoms with Gasteiger partial charge in [0.2, 0.25) is 11.8 Å². The minimum Gasteiger partial charge on any atom is -0.326 e. The summed E-state index contributed by atoms with van der Waals surface area (Å²) < 4.78 is 0.982. The average molecular weight is 361 g/mol. The van der Waals surface area contributed by atoms with E-state index in [9.17, 15) is 9.59 Å². The van der Waals surface area contributed by atoms with Gasteiger partial charge in [0, 0.05) is 22.8 Å². The van der Waals surface area contributed by atoms with E-state index >= 15 is 0 Å². The Hall–Kier alpha value is -2.14. The molecule has 0 bridgehead atoms. The van der Waals surface area contributed by atoms with Gasteiger partial charge in [-0.3, -0.25) is 9.59 Å². The molecule has 0 spiro atoms. The Morgan fingerprint density at radius 1 is 1.05 bits per heavy atom. The van der Waals surface area contributed by atoms with Crippen molar-refractivity contribution in [2.24, 2.45) is 0 Å². The number of halogens is 1. The SMILES string of the molecule is CC(=O)Nc1ccc(C)c(NC(=O)Cc2ccc(Br)cc2)c1. The molecular weight excluding hydrogens is 344 g/mol. The summed E-state index contributed by atoms with van der Waals surface area (Å²) >= 11 is 3.37. The minimum absolute atomic E-state index is 0.0922. The Labute approximate surface area is 138 Å². The largest absolute Gasteiger partial charge is 0.326 e. The van der Waals surface area contributed by atoms with E-state index in [0.29, 0.717) is 17.8 Å². The second-order valence-corrected chi connectivity index (χ2v) is 5.98. The molecule has 22 heavy (non-hydrogen) atoms. The zero-order valence-corrected chi connectivity index (χ0v) is 14.0. The molecule has 2 rings (SSSR count). The van der Waals surface area contributed by atoms with Gasteiger partial charge in [-0.25, -0.2) is 0 Å². The third-order valence-corrected chi connectivity index (χ3v) is 3.64. The molecule has 0 atom stereocenters. The monoisotopic (exact) mass is 360 g/mol. The predicted molar refractivity (Wildman–Crippen MR) is 92.0 cm³/mol. The summed E-state index contributed by atoms with van der Waals surface area (Å²) in [5.74, 6) is -0.235. The number of carbonyl (C=O) groups excluding carboxylic acids is 2. The molecule has 0 radical (unpaired) electrons. The fourth-order valence-electron chi connectivity index (χ4n) is 2.02. The van der Waals surface area contributed by atoms with Crippen LogP contribution in [-0.4, -0.2) is 11.8 Å². The van der Waals surface area contributed by atoms with Crippen LogP contribution in [0, 0.1) is 6.92 Å². The van der Waals surface area contributed by atoms with E-state index in [1.807, 2.05) is 37.3 Å². The third kappa shape index (κ3) is 4.70. The number of amides is 2. The van der Waals surface area contributed by atoms with Crippen LogP contribution in [0.2, 0.25) is 0 Å². The lowest BCUT2D eigenvalue weighted by Crippen LogP contribution is -2.15. The number of aryl methyl sites for hydroxylation is 1. The molecule has 2 N–H and O–H groups in total. The van der Waals surface area contributed by atoms with Crippen molar-refractivity contribution in [1.82, 2.24) is 0 Å². The molecular formula is C17H17BrN2O2. The summed E-state index contributed by atoms with van der Waals surface area (Å²) in [6.07, 6.45) is 0.303. The Morgan fingerprint density at radius 3 is 2.36 bits per heavy atom. The Morgan fingerprint density at radius 2 is 1.73 bits per heavy atom. The molecule has 4 nitrogen and oxygen atoms in total. The first-order valence-electron chi connectivity index (χ1n) is 6.86. The summed E-state index contributed by atoms with van der Waals surface area (Å²) in [5, 5.41) is 5.59. The highest BCUT2D eigenvalue weighted by Gasteiger charge is 2.07. The van der Waals surface area contributed by atoms with Gasteiger partial charge in [-0.15, -0.1) is 0 Å². The molecule has 0 saturated heterocycles. The highest BCUT2D eigenvalue weighted by molar-refractivity contribution is 9.10. The number of carbonyl (C=O) groups is 2. The first kappa shape index (κ1) is 16.2. The van der Waals surface area contributed by atoms with Gasteiger partial charge in [0.15, 0.2) is 0 Å². The van der Waals surface area contributed by atoms with Crippen LogP contribution in [0.5, 0.6) is 0 Å². The van der Waals surface area contributed by atoms with Crippen molar-refractivity contribution in [3.63, 3.8) is 0 Å². The third-order valence-electron chi connectivity index (χ3n) is 3.11. The van der Waals surface area contributed by atoms with Crippen LogP contribution in [0.15, 0.2) is 46.9 Å². The lowest BCUT2D eigenvalue weighted by molar-refractivity contribution is -0.116. The van der Waals surface area contributed by atoms with Gasteiger partial charge in [-0.1, -0.05) is 34.1 Å². The van der Waals surface area contributed by atoms with Gasteiger partial charge in [0.25, 0.3) is 0 Å². The van der Waals surface area contributed by atoms with Crippen molar-refractivity contribution < 1.29 is 9.59 Å². The second kappa shape index (κ2) is 7.22. The normalized spacial score (nSPS) is 10.1. The highest BCUT2D eigenvalue weighted by Crippen LogP contribution is 2.21. The molecule has 114 valence electrons. The van der Waals surface area contributed by atoms with Crippen LogP contribution < -0.4 is 10.6 Å². The standard InChI is InChI=1S/C17H17BrN2O2/c1-11-3-8-15(19-12(2)21)10-16(11)20-17(22)9-13-4-6-14(18)7-5-13/h3-8,10H,9H2,1-2H3,(H,19,21)(H,20,22). The Balaban J connectivity index is 2.07. The molecule has 2 aromatic rings. The second-order valence-electron chi connectivity index (χ2n) is 5.06. The molecule has 0 saturated carbocycles. The maximum absolute atomic E-state index is 12.1. The van der Waals surface area contributed by atoms with Crippen LogP contribution in [0.3, 0.4) is 0 Å². The number of benzene rings is 2. The fourth-order valence-corrected chi connectivity index (χ4v) is 2.28. The number of anilines is 2. The maximum atomic E-state index is 12.1. The molecule has 5 heteroatoms. The Bertz CT molecular complexity index is 696. The Kier molecular flexibility index (Phi) is 5.33. The van der Waals surface area contributed by atoms with Gasteiger partial charge >= 0.3 is 0 Å². The van der Waals surface area contributed by atoms with Crippen molar-refractivity contribution in [2.75, 3.05) is 10.6 Å². The molecule has 2 aromatic carbocycles. The molecule has 0 aromatic heterocycles. The topological polar surface area (TPSA) is 58.2 Å². The number of rotatable bonds is 4. The highest BCUT2D eigenvalue weighted by atomic mass is 79.9. The zero-order chi connectivity index (χ0) is 16.1. The lowest BCUT2D eigenvalue weighted by Gasteiger charge is -2.11. The maximum Gasteiger partial charge on any atom is 0.228 e. The van der Waals surface area contributed by atoms with Crippen molar-refractivity contribution in [2.45, 2.75) is 20.3 Å². The molecule has 2 amide bonds. The van der Waals surface area contributed by atoms with Gasteiger partial charge in [0.1, 0.15) is 0 Å². The molecule has 0 fully saturated rings. The predicted octanol–water partition coefficient (Wildman–Crippen LogP) is 3.90. The molecule has 0 unspecified atom stereocenters. The van der Waals surface area contributed by atoms with Gasteiger partial charge in [0.05, 0.1) is 6.42 Å². The zero-order valence-electron chi connectivity index (χ0n) is 12.4. The van der Waals surface area contributed by atoms with Gasteiger partial charge in [-0.2, -0.15) is 0 Å². The first-order valence-corrected chi connectivity index (χ1v) is 7.66. The lowest BCUT2D eigenvalue weighted by atomic mass is 10.1. The van der Waals surface area contributed by atoms with Crippen molar-refractivity contribution >= 4 is 39.1 Å². The summed E-state index contributed by atoms with van der Waals surface area (Å²) in [6.45, 7) is 3.36. The van der Waals surface area contributed by atoms with Crippen LogP contribution in [-0.2, 0) is 16.0 Å². The van der Waals surface area contributed by atoms with Crippen molar-refractivity contribution in [3.05, 3.63) is 58.1 Å². The van der Waals surface area contributed by atoms with E-state index in [-0.39, 0.29) is 11.8 Å². The van der Waals surface area contributed by atoms with E-state index < -0.39 is 0 Å². The van der Waals surface area contributed by atoms with E-state index in [2.05, 4.69) is 26.6 Å². The van der Waals surface area contributed by atoms with Crippen LogP contribution in [0.1, 0.15) is 18.1 Å². The fraction of sp³-hybridized carbons (Fsp3) is 0.176. The molecule has 0 aliphatic rings. The summed E-state index contributed by atoms with van der Waals surface area (Å²) in [7, 11) is 0. The molecule has 0 aliphatic carbocycles. The van der Waals surface area contributed by atoms with E-state index in [4.69, 9.17) is 0 Å². The van der Waals surface area contributed by atoms with Crippen LogP contribution in [0.25, 0.3) is 0 Å².